The van der Waals surface area contributed by atoms with Gasteiger partial charge in [0.2, 0.25) is 0 Å². The lowest BCUT2D eigenvalue weighted by Crippen LogP contribution is -2.21. The SMILES string of the molecule is CCOC(=O)c1cc(NCC2CCOC2C)c(F)cc1N. The van der Waals surface area contributed by atoms with Gasteiger partial charge < -0.3 is 20.5 Å². The van der Waals surface area contributed by atoms with Crippen molar-refractivity contribution in [2.75, 3.05) is 30.8 Å². The van der Waals surface area contributed by atoms with Gasteiger partial charge in [-0.05, 0) is 32.4 Å². The van der Waals surface area contributed by atoms with Crippen molar-refractivity contribution in [3.8, 4) is 0 Å². The maximum Gasteiger partial charge on any atom is 0.340 e. The first-order valence-electron chi connectivity index (χ1n) is 7.14. The number of carbonyl (C=O) groups is 1. The Labute approximate surface area is 123 Å². The minimum absolute atomic E-state index is 0.0778. The van der Waals surface area contributed by atoms with Crippen LogP contribution >= 0.6 is 0 Å². The Hall–Kier alpha value is -1.82. The zero-order valence-corrected chi connectivity index (χ0v) is 12.3. The second-order valence-corrected chi connectivity index (χ2v) is 5.15. The molecule has 116 valence electrons. The number of rotatable bonds is 5. The third-order valence-electron chi connectivity index (χ3n) is 3.72. The Kier molecular flexibility index (Phi) is 5.01. The first-order valence-corrected chi connectivity index (χ1v) is 7.14. The molecule has 21 heavy (non-hydrogen) atoms. The number of hydrogen-bond acceptors (Lipinski definition) is 5. The molecule has 6 heteroatoms. The van der Waals surface area contributed by atoms with E-state index in [2.05, 4.69) is 5.32 Å². The van der Waals surface area contributed by atoms with Crippen molar-refractivity contribution in [1.82, 2.24) is 0 Å². The fraction of sp³-hybridized carbons (Fsp3) is 0.533. The van der Waals surface area contributed by atoms with Crippen LogP contribution in [0.2, 0.25) is 0 Å². The Bertz CT molecular complexity index is 522. The summed E-state index contributed by atoms with van der Waals surface area (Å²) in [7, 11) is 0. The highest BCUT2D eigenvalue weighted by atomic mass is 19.1. The Morgan fingerprint density at radius 1 is 1.57 bits per heavy atom. The van der Waals surface area contributed by atoms with E-state index in [9.17, 15) is 9.18 Å². The molecule has 1 aliphatic heterocycles. The van der Waals surface area contributed by atoms with Crippen molar-refractivity contribution in [2.24, 2.45) is 5.92 Å². The first-order chi connectivity index (χ1) is 10.0. The molecule has 1 saturated heterocycles. The summed E-state index contributed by atoms with van der Waals surface area (Å²) in [5.74, 6) is -0.698. The number of nitrogen functional groups attached to an aromatic ring is 1. The van der Waals surface area contributed by atoms with Gasteiger partial charge in [-0.2, -0.15) is 0 Å². The molecule has 2 rings (SSSR count). The number of hydrogen-bond donors (Lipinski definition) is 2. The molecule has 0 radical (unpaired) electrons. The van der Waals surface area contributed by atoms with E-state index in [0.717, 1.165) is 19.1 Å². The summed E-state index contributed by atoms with van der Waals surface area (Å²) in [6, 6.07) is 2.55. The highest BCUT2D eigenvalue weighted by Crippen LogP contribution is 2.25. The van der Waals surface area contributed by atoms with Crippen LogP contribution in [0.4, 0.5) is 15.8 Å². The number of esters is 1. The molecule has 1 heterocycles. The molecule has 0 spiro atoms. The number of carbonyl (C=O) groups excluding carboxylic acids is 1. The standard InChI is InChI=1S/C15H21FN2O3/c1-3-20-15(19)11-6-14(12(16)7-13(11)17)18-8-10-4-5-21-9(10)2/h6-7,9-10,18H,3-5,8,17H2,1-2H3. The van der Waals surface area contributed by atoms with Crippen molar-refractivity contribution >= 4 is 17.3 Å². The normalized spacial score (nSPS) is 21.3. The van der Waals surface area contributed by atoms with Gasteiger partial charge in [-0.25, -0.2) is 9.18 Å². The van der Waals surface area contributed by atoms with Crippen LogP contribution in [-0.4, -0.2) is 31.8 Å². The molecule has 0 aromatic heterocycles. The van der Waals surface area contributed by atoms with E-state index in [4.69, 9.17) is 15.2 Å². The fourth-order valence-electron chi connectivity index (χ4n) is 2.39. The van der Waals surface area contributed by atoms with E-state index in [1.807, 2.05) is 6.92 Å². The van der Waals surface area contributed by atoms with E-state index in [0.29, 0.717) is 12.5 Å². The van der Waals surface area contributed by atoms with Crippen LogP contribution in [0.25, 0.3) is 0 Å². The largest absolute Gasteiger partial charge is 0.462 e. The second-order valence-electron chi connectivity index (χ2n) is 5.15. The average molecular weight is 296 g/mol. The highest BCUT2D eigenvalue weighted by molar-refractivity contribution is 5.96. The smallest absolute Gasteiger partial charge is 0.340 e. The zero-order chi connectivity index (χ0) is 15.4. The van der Waals surface area contributed by atoms with Gasteiger partial charge in [0.05, 0.1) is 24.0 Å². The number of benzene rings is 1. The zero-order valence-electron chi connectivity index (χ0n) is 12.3. The minimum atomic E-state index is -0.546. The third-order valence-corrected chi connectivity index (χ3v) is 3.72. The summed E-state index contributed by atoms with van der Waals surface area (Å²) in [6.07, 6.45) is 1.09. The van der Waals surface area contributed by atoms with E-state index >= 15 is 0 Å². The lowest BCUT2D eigenvalue weighted by Gasteiger charge is -2.17. The molecule has 3 N–H and O–H groups in total. The van der Waals surface area contributed by atoms with Gasteiger partial charge in [0.1, 0.15) is 5.82 Å². The second kappa shape index (κ2) is 6.76. The van der Waals surface area contributed by atoms with Gasteiger partial charge in [-0.1, -0.05) is 0 Å². The predicted molar refractivity (Wildman–Crippen MR) is 78.8 cm³/mol. The molecular formula is C15H21FN2O3. The molecule has 1 fully saturated rings. The highest BCUT2D eigenvalue weighted by Gasteiger charge is 2.24. The monoisotopic (exact) mass is 296 g/mol. The maximum absolute atomic E-state index is 13.9. The van der Waals surface area contributed by atoms with Crippen LogP contribution < -0.4 is 11.1 Å². The van der Waals surface area contributed by atoms with Crippen molar-refractivity contribution in [1.29, 1.82) is 0 Å². The lowest BCUT2D eigenvalue weighted by molar-refractivity contribution is 0.0527. The van der Waals surface area contributed by atoms with Crippen molar-refractivity contribution in [3.63, 3.8) is 0 Å². The van der Waals surface area contributed by atoms with Crippen LogP contribution in [0.5, 0.6) is 0 Å². The van der Waals surface area contributed by atoms with Gasteiger partial charge in [0.15, 0.2) is 0 Å². The van der Waals surface area contributed by atoms with Crippen LogP contribution in [-0.2, 0) is 9.47 Å². The molecule has 0 saturated carbocycles. The van der Waals surface area contributed by atoms with Crippen molar-refractivity contribution < 1.29 is 18.7 Å². The summed E-state index contributed by atoms with van der Waals surface area (Å²) in [5.41, 5.74) is 6.18. The van der Waals surface area contributed by atoms with E-state index in [1.165, 1.54) is 6.07 Å². The lowest BCUT2D eigenvalue weighted by atomic mass is 10.0. The molecule has 2 unspecified atom stereocenters. The number of ether oxygens (including phenoxy) is 2. The summed E-state index contributed by atoms with van der Waals surface area (Å²) >= 11 is 0. The minimum Gasteiger partial charge on any atom is -0.462 e. The summed E-state index contributed by atoms with van der Waals surface area (Å²) in [5, 5.41) is 3.03. The molecule has 0 bridgehead atoms. The molecule has 1 aromatic rings. The van der Waals surface area contributed by atoms with Gasteiger partial charge in [0, 0.05) is 24.8 Å². The van der Waals surface area contributed by atoms with Gasteiger partial charge in [-0.3, -0.25) is 0 Å². The number of nitrogens with two attached hydrogens (primary N) is 1. The predicted octanol–water partition coefficient (Wildman–Crippen LogP) is 2.42. The maximum atomic E-state index is 13.9. The number of nitrogens with one attached hydrogen (secondary N) is 1. The van der Waals surface area contributed by atoms with Crippen LogP contribution in [0, 0.1) is 11.7 Å². The Balaban J connectivity index is 2.11. The summed E-state index contributed by atoms with van der Waals surface area (Å²) in [6.45, 7) is 5.27. The molecule has 2 atom stereocenters. The quantitative estimate of drug-likeness (QED) is 0.645. The third kappa shape index (κ3) is 3.64. The van der Waals surface area contributed by atoms with Gasteiger partial charge >= 0.3 is 5.97 Å². The number of halogens is 1. The van der Waals surface area contributed by atoms with E-state index in [-0.39, 0.29) is 29.6 Å². The molecule has 1 aliphatic rings. The van der Waals surface area contributed by atoms with Crippen LogP contribution in [0.3, 0.4) is 0 Å². The van der Waals surface area contributed by atoms with Crippen LogP contribution in [0.1, 0.15) is 30.6 Å². The summed E-state index contributed by atoms with van der Waals surface area (Å²) < 4.78 is 24.3. The Morgan fingerprint density at radius 3 is 2.95 bits per heavy atom. The van der Waals surface area contributed by atoms with Gasteiger partial charge in [0.25, 0.3) is 0 Å². The fourth-order valence-corrected chi connectivity index (χ4v) is 2.39. The molecular weight excluding hydrogens is 275 g/mol. The van der Waals surface area contributed by atoms with Crippen molar-refractivity contribution in [2.45, 2.75) is 26.4 Å². The first kappa shape index (κ1) is 15.6. The summed E-state index contributed by atoms with van der Waals surface area (Å²) in [4.78, 5) is 11.8. The van der Waals surface area contributed by atoms with Crippen molar-refractivity contribution in [3.05, 3.63) is 23.5 Å². The van der Waals surface area contributed by atoms with Gasteiger partial charge in [-0.15, -0.1) is 0 Å². The Morgan fingerprint density at radius 2 is 2.33 bits per heavy atom. The van der Waals surface area contributed by atoms with E-state index < -0.39 is 11.8 Å². The molecule has 5 nitrogen and oxygen atoms in total. The topological polar surface area (TPSA) is 73.6 Å². The molecule has 0 aliphatic carbocycles. The molecule has 1 aromatic carbocycles. The van der Waals surface area contributed by atoms with E-state index in [1.54, 1.807) is 6.92 Å². The van der Waals surface area contributed by atoms with Crippen LogP contribution in [0.15, 0.2) is 12.1 Å². The average Bonchev–Trinajstić information content (AvgIpc) is 2.83. The molecule has 0 amide bonds. The number of anilines is 2.